The monoisotopic (exact) mass is 591 g/mol. The fourth-order valence-electron chi connectivity index (χ4n) is 4.05. The summed E-state index contributed by atoms with van der Waals surface area (Å²) in [6.07, 6.45) is 3.28. The fourth-order valence-corrected chi connectivity index (χ4v) is 6.13. The van der Waals surface area contributed by atoms with Crippen molar-refractivity contribution in [2.45, 2.75) is 48.1 Å². The lowest BCUT2D eigenvalue weighted by atomic mass is 9.80. The number of halogens is 1. The number of anilines is 2. The number of aliphatic hydroxyl groups is 1. The van der Waals surface area contributed by atoms with Crippen LogP contribution in [0.2, 0.25) is 5.02 Å². The average molecular weight is 592 g/mol. The summed E-state index contributed by atoms with van der Waals surface area (Å²) in [5, 5.41) is 13.1. The first kappa shape index (κ1) is 29.0. The van der Waals surface area contributed by atoms with Crippen molar-refractivity contribution in [2.75, 3.05) is 29.9 Å². The maximum absolute atomic E-state index is 12.4. The number of nitrogens with one attached hydrogen (secondary N) is 2. The molecule has 39 heavy (non-hydrogen) atoms. The first-order valence-electron chi connectivity index (χ1n) is 12.2. The van der Waals surface area contributed by atoms with Crippen molar-refractivity contribution in [3.63, 3.8) is 0 Å². The number of piperidine rings is 1. The summed E-state index contributed by atoms with van der Waals surface area (Å²) in [6.45, 7) is 5.89. The molecule has 208 valence electrons. The number of sulfonamides is 1. The molecule has 11 nitrogen and oxygen atoms in total. The van der Waals surface area contributed by atoms with Gasteiger partial charge in [0.05, 0.1) is 22.2 Å². The van der Waals surface area contributed by atoms with Crippen molar-refractivity contribution in [1.82, 2.24) is 19.7 Å². The van der Waals surface area contributed by atoms with E-state index in [2.05, 4.69) is 27.1 Å². The molecule has 3 aromatic rings. The van der Waals surface area contributed by atoms with Crippen molar-refractivity contribution < 1.29 is 18.3 Å². The zero-order valence-electron chi connectivity index (χ0n) is 21.5. The number of aliphatic hydroxyl groups excluding tert-OH is 1. The third-order valence-electron chi connectivity index (χ3n) is 6.56. The predicted octanol–water partition coefficient (Wildman–Crippen LogP) is 3.55. The number of carbonyl (C=O) groups excluding carboxylic acids is 1. The van der Waals surface area contributed by atoms with Gasteiger partial charge in [-0.2, -0.15) is 0 Å². The van der Waals surface area contributed by atoms with Crippen LogP contribution in [0, 0.1) is 12.3 Å². The van der Waals surface area contributed by atoms with Gasteiger partial charge in [-0.1, -0.05) is 48.5 Å². The van der Waals surface area contributed by atoms with E-state index in [9.17, 15) is 18.3 Å². The Hall–Kier alpha value is -2.97. The molecule has 1 saturated heterocycles. The summed E-state index contributed by atoms with van der Waals surface area (Å²) in [5.74, 6) is 0.626. The van der Waals surface area contributed by atoms with Crippen molar-refractivity contribution in [1.29, 1.82) is 0 Å². The summed E-state index contributed by atoms with van der Waals surface area (Å²) >= 11 is 7.72. The predicted molar refractivity (Wildman–Crippen MR) is 150 cm³/mol. The van der Waals surface area contributed by atoms with Gasteiger partial charge in [-0.05, 0) is 49.9 Å². The van der Waals surface area contributed by atoms with Gasteiger partial charge >= 0.3 is 6.03 Å². The second kappa shape index (κ2) is 12.0. The lowest BCUT2D eigenvalue weighted by Gasteiger charge is -2.39. The van der Waals surface area contributed by atoms with Gasteiger partial charge in [-0.25, -0.2) is 32.9 Å². The number of nitrogens with two attached hydrogens (primary N) is 1. The van der Waals surface area contributed by atoms with Crippen LogP contribution in [0.25, 0.3) is 0 Å². The Morgan fingerprint density at radius 3 is 2.54 bits per heavy atom. The van der Waals surface area contributed by atoms with Crippen molar-refractivity contribution in [3.8, 4) is 0 Å². The van der Waals surface area contributed by atoms with E-state index in [0.717, 1.165) is 25.9 Å². The molecule has 0 aliphatic carbocycles. The number of hydrogen-bond donors (Lipinski definition) is 4. The molecule has 2 amide bonds. The molecule has 3 heterocycles. The van der Waals surface area contributed by atoms with Crippen LogP contribution in [0.4, 0.5) is 16.4 Å². The Morgan fingerprint density at radius 1 is 1.21 bits per heavy atom. The van der Waals surface area contributed by atoms with E-state index in [1.165, 1.54) is 30.1 Å². The summed E-state index contributed by atoms with van der Waals surface area (Å²) < 4.78 is 26.8. The van der Waals surface area contributed by atoms with Gasteiger partial charge in [0.25, 0.3) is 10.0 Å². The number of nitrogens with zero attached hydrogens (tertiary/aromatic N) is 4. The number of urea groups is 1. The minimum Gasteiger partial charge on any atom is -0.390 e. The molecular weight excluding hydrogens is 562 g/mol. The minimum absolute atomic E-state index is 0.0247. The summed E-state index contributed by atoms with van der Waals surface area (Å²) in [7, 11) is -4.08. The van der Waals surface area contributed by atoms with Gasteiger partial charge in [-0.15, -0.1) is 0 Å². The lowest BCUT2D eigenvalue weighted by molar-refractivity contribution is 0.254. The third kappa shape index (κ3) is 6.79. The van der Waals surface area contributed by atoms with E-state index < -0.39 is 16.1 Å². The molecule has 4 rings (SSSR count). The first-order chi connectivity index (χ1) is 18.5. The summed E-state index contributed by atoms with van der Waals surface area (Å²) in [6, 6.07) is 8.14. The molecule has 2 aromatic heterocycles. The lowest BCUT2D eigenvalue weighted by Crippen LogP contribution is -2.43. The van der Waals surface area contributed by atoms with E-state index in [0.29, 0.717) is 33.7 Å². The van der Waals surface area contributed by atoms with Crippen LogP contribution in [0.3, 0.4) is 0 Å². The van der Waals surface area contributed by atoms with Crippen molar-refractivity contribution in [2.24, 2.45) is 11.1 Å². The van der Waals surface area contributed by atoms with Crippen molar-refractivity contribution >= 4 is 51.1 Å². The second-order valence-electron chi connectivity index (χ2n) is 9.49. The topological polar surface area (TPSA) is 163 Å². The molecule has 0 bridgehead atoms. The zero-order chi connectivity index (χ0) is 28.2. The van der Waals surface area contributed by atoms with Crippen LogP contribution in [-0.4, -0.2) is 54.1 Å². The highest BCUT2D eigenvalue weighted by atomic mass is 35.5. The number of benzene rings is 1. The molecular formula is C25H30ClN7O4S2. The molecule has 0 radical (unpaired) electrons. The molecule has 1 aromatic carbocycles. The smallest absolute Gasteiger partial charge is 0.334 e. The molecule has 1 aliphatic heterocycles. The molecule has 5 N–H and O–H groups in total. The molecule has 0 unspecified atom stereocenters. The highest BCUT2D eigenvalue weighted by molar-refractivity contribution is 7.99. The average Bonchev–Trinajstić information content (AvgIpc) is 2.92. The summed E-state index contributed by atoms with van der Waals surface area (Å²) in [4.78, 5) is 28.5. The standard InChI is InChI=1S/C25H30ClN7O4S2/c1-16-23(30-18(14-34)22(29-16)33-12-9-25(2,15-27)10-13-33)38-19-8-11-28-21(20(19)26)31-24(35)32-39(36,37)17-6-4-3-5-7-17/h3-8,11,34H,9-10,12-15,27H2,1-2H3,(H2,28,31,32,35). The number of amides is 2. The molecule has 1 fully saturated rings. The van der Waals surface area contributed by atoms with E-state index >= 15 is 0 Å². The number of aromatic nitrogens is 3. The van der Waals surface area contributed by atoms with Gasteiger partial charge in [0.15, 0.2) is 11.6 Å². The van der Waals surface area contributed by atoms with E-state index in [4.69, 9.17) is 22.3 Å². The first-order valence-corrected chi connectivity index (χ1v) is 14.9. The largest absolute Gasteiger partial charge is 0.390 e. The van der Waals surface area contributed by atoms with Gasteiger partial charge in [-0.3, -0.25) is 5.32 Å². The zero-order valence-corrected chi connectivity index (χ0v) is 23.9. The van der Waals surface area contributed by atoms with Gasteiger partial charge in [0.1, 0.15) is 10.7 Å². The Balaban J connectivity index is 1.50. The number of rotatable bonds is 8. The normalized spacial score (nSPS) is 15.2. The molecule has 14 heteroatoms. The van der Waals surface area contributed by atoms with E-state index in [-0.39, 0.29) is 27.8 Å². The van der Waals surface area contributed by atoms with Gasteiger partial charge in [0, 0.05) is 24.2 Å². The van der Waals surface area contributed by atoms with Crippen molar-refractivity contribution in [3.05, 3.63) is 59.0 Å². The fraction of sp³-hybridized carbons (Fsp3) is 0.360. The quantitative estimate of drug-likeness (QED) is 0.304. The van der Waals surface area contributed by atoms with Crippen LogP contribution < -0.4 is 20.7 Å². The Labute approximate surface area is 236 Å². The highest BCUT2D eigenvalue weighted by Gasteiger charge is 2.30. The van der Waals surface area contributed by atoms with Crippen LogP contribution in [0.5, 0.6) is 0 Å². The third-order valence-corrected chi connectivity index (χ3v) is 9.55. The van der Waals surface area contributed by atoms with Crippen LogP contribution >= 0.6 is 23.4 Å². The Kier molecular flexibility index (Phi) is 8.96. The molecule has 0 spiro atoms. The van der Waals surface area contributed by atoms with Crippen LogP contribution in [-0.2, 0) is 16.6 Å². The van der Waals surface area contributed by atoms with Gasteiger partial charge < -0.3 is 15.7 Å². The maximum atomic E-state index is 12.4. The Morgan fingerprint density at radius 2 is 1.90 bits per heavy atom. The van der Waals surface area contributed by atoms with Crippen LogP contribution in [0.15, 0.2) is 57.4 Å². The maximum Gasteiger partial charge on any atom is 0.334 e. The van der Waals surface area contributed by atoms with E-state index in [1.54, 1.807) is 24.3 Å². The molecule has 0 atom stereocenters. The number of carbonyl (C=O) groups is 1. The number of aryl methyl sites for hydroxylation is 1. The van der Waals surface area contributed by atoms with E-state index in [1.807, 2.05) is 11.6 Å². The highest BCUT2D eigenvalue weighted by Crippen LogP contribution is 2.38. The summed E-state index contributed by atoms with van der Waals surface area (Å²) in [5.41, 5.74) is 7.13. The number of hydrogen-bond acceptors (Lipinski definition) is 10. The number of pyridine rings is 1. The second-order valence-corrected chi connectivity index (χ2v) is 12.6. The van der Waals surface area contributed by atoms with Crippen LogP contribution in [0.1, 0.15) is 31.2 Å². The minimum atomic E-state index is -4.08. The molecule has 0 saturated carbocycles. The Bertz CT molecular complexity index is 1450. The van der Waals surface area contributed by atoms with Gasteiger partial charge in [0.2, 0.25) is 0 Å². The molecule has 1 aliphatic rings. The SMILES string of the molecule is Cc1nc(N2CCC(C)(CN)CC2)c(CO)nc1Sc1ccnc(NC(=O)NS(=O)(=O)c2ccccc2)c1Cl.